The highest BCUT2D eigenvalue weighted by molar-refractivity contribution is 7.89. The minimum Gasteiger partial charge on any atom is -0.301 e. The highest BCUT2D eigenvalue weighted by atomic mass is 32.2. The van der Waals surface area contributed by atoms with Crippen molar-refractivity contribution in [3.05, 3.63) is 64.7 Å². The van der Waals surface area contributed by atoms with Gasteiger partial charge in [0.1, 0.15) is 11.8 Å². The number of hydrogen-bond acceptors (Lipinski definition) is 3. The third-order valence-corrected chi connectivity index (χ3v) is 7.01. The molecule has 1 atom stereocenters. The average molecular weight is 416 g/mol. The van der Waals surface area contributed by atoms with Crippen LogP contribution in [0.5, 0.6) is 0 Å². The Bertz CT molecular complexity index is 934. The second-order valence-electron chi connectivity index (χ2n) is 8.78. The van der Waals surface area contributed by atoms with Gasteiger partial charge in [-0.25, -0.2) is 8.42 Å². The Balaban J connectivity index is 2.72. The van der Waals surface area contributed by atoms with Gasteiger partial charge in [-0.1, -0.05) is 84.0 Å². The van der Waals surface area contributed by atoms with E-state index >= 15 is 0 Å². The van der Waals surface area contributed by atoms with Crippen molar-refractivity contribution in [3.63, 3.8) is 0 Å². The number of rotatable bonds is 8. The van der Waals surface area contributed by atoms with Crippen LogP contribution < -0.4 is 4.72 Å². The molecule has 29 heavy (non-hydrogen) atoms. The highest BCUT2D eigenvalue weighted by Crippen LogP contribution is 2.36. The molecule has 2 aromatic rings. The van der Waals surface area contributed by atoms with E-state index in [0.29, 0.717) is 22.7 Å². The lowest BCUT2D eigenvalue weighted by molar-refractivity contribution is -0.112. The predicted octanol–water partition coefficient (Wildman–Crippen LogP) is 5.45. The van der Waals surface area contributed by atoms with Crippen molar-refractivity contribution >= 4 is 16.3 Å². The average Bonchev–Trinajstić information content (AvgIpc) is 2.66. The van der Waals surface area contributed by atoms with Crippen molar-refractivity contribution in [2.45, 2.75) is 76.7 Å². The zero-order valence-corrected chi connectivity index (χ0v) is 19.3. The molecule has 2 aromatic carbocycles. The molecule has 0 radical (unpaired) electrons. The molecule has 0 spiro atoms. The summed E-state index contributed by atoms with van der Waals surface area (Å²) in [5.41, 5.74) is 1.95. The van der Waals surface area contributed by atoms with E-state index in [2.05, 4.69) is 18.6 Å². The van der Waals surface area contributed by atoms with Gasteiger partial charge in [0.2, 0.25) is 10.0 Å². The zero-order chi connectivity index (χ0) is 22.0. The first-order chi connectivity index (χ1) is 13.4. The first kappa shape index (κ1) is 23.3. The monoisotopic (exact) mass is 415 g/mol. The fraction of sp³-hybridized carbons (Fsp3) is 0.458. The van der Waals surface area contributed by atoms with Crippen LogP contribution in [0, 0.1) is 0 Å². The van der Waals surface area contributed by atoms with Gasteiger partial charge in [-0.3, -0.25) is 0 Å². The summed E-state index contributed by atoms with van der Waals surface area (Å²) in [6.07, 6.45) is 0.659. The quantitative estimate of drug-likeness (QED) is 0.583. The molecule has 2 rings (SSSR count). The van der Waals surface area contributed by atoms with Crippen molar-refractivity contribution in [2.75, 3.05) is 0 Å². The lowest BCUT2D eigenvalue weighted by Crippen LogP contribution is -2.45. The molecule has 0 aliphatic heterocycles. The second kappa shape index (κ2) is 8.80. The van der Waals surface area contributed by atoms with Crippen LogP contribution in [0.1, 0.15) is 88.5 Å². The number of hydrogen-bond donors (Lipinski definition) is 1. The molecule has 1 N–H and O–H groups in total. The molecule has 0 saturated carbocycles. The molecule has 0 fully saturated rings. The molecular formula is C24H33NO3S. The summed E-state index contributed by atoms with van der Waals surface area (Å²) in [5, 5.41) is 0. The van der Waals surface area contributed by atoms with Crippen LogP contribution in [-0.2, 0) is 20.4 Å². The van der Waals surface area contributed by atoms with Gasteiger partial charge < -0.3 is 4.79 Å². The van der Waals surface area contributed by atoms with Crippen molar-refractivity contribution in [1.82, 2.24) is 4.72 Å². The van der Waals surface area contributed by atoms with Crippen molar-refractivity contribution in [2.24, 2.45) is 0 Å². The van der Waals surface area contributed by atoms with Gasteiger partial charge in [0, 0.05) is 0 Å². The maximum absolute atomic E-state index is 13.6. The summed E-state index contributed by atoms with van der Waals surface area (Å²) in [4.78, 5) is 12.3. The number of carbonyl (C=O) groups excluding carboxylic acids is 1. The molecule has 0 aliphatic rings. The molecule has 1 unspecified atom stereocenters. The molecule has 0 aromatic heterocycles. The number of benzene rings is 2. The first-order valence-electron chi connectivity index (χ1n) is 10.2. The van der Waals surface area contributed by atoms with E-state index < -0.39 is 15.6 Å². The molecule has 0 saturated heterocycles. The van der Waals surface area contributed by atoms with E-state index in [9.17, 15) is 13.2 Å². The summed E-state index contributed by atoms with van der Waals surface area (Å²) in [6.45, 7) is 13.8. The number of nitrogens with one attached hydrogen (secondary N) is 1. The number of carbonyl (C=O) groups is 1. The van der Waals surface area contributed by atoms with Gasteiger partial charge in [-0.2, -0.15) is 4.72 Å². The van der Waals surface area contributed by atoms with Crippen LogP contribution in [0.15, 0.2) is 47.4 Å². The second-order valence-corrected chi connectivity index (χ2v) is 10.4. The molecule has 0 amide bonds. The van der Waals surface area contributed by atoms with Gasteiger partial charge in [-0.05, 0) is 46.9 Å². The van der Waals surface area contributed by atoms with Crippen molar-refractivity contribution in [3.8, 4) is 0 Å². The van der Waals surface area contributed by atoms with Crippen LogP contribution in [-0.4, -0.2) is 14.7 Å². The van der Waals surface area contributed by atoms with Gasteiger partial charge in [-0.15, -0.1) is 0 Å². The third kappa shape index (κ3) is 4.96. The summed E-state index contributed by atoms with van der Waals surface area (Å²) in [6, 6.07) is 12.9. The topological polar surface area (TPSA) is 63.2 Å². The van der Waals surface area contributed by atoms with Crippen molar-refractivity contribution in [1.29, 1.82) is 0 Å². The van der Waals surface area contributed by atoms with Gasteiger partial charge >= 0.3 is 0 Å². The van der Waals surface area contributed by atoms with Crippen LogP contribution in [0.3, 0.4) is 0 Å². The Kier molecular flexibility index (Phi) is 7.07. The largest absolute Gasteiger partial charge is 0.301 e. The molecular weight excluding hydrogens is 382 g/mol. The highest BCUT2D eigenvalue weighted by Gasteiger charge is 2.35. The van der Waals surface area contributed by atoms with Crippen LogP contribution >= 0.6 is 0 Å². The van der Waals surface area contributed by atoms with Gasteiger partial charge in [0.05, 0.1) is 4.90 Å². The minimum absolute atomic E-state index is 0.0250. The van der Waals surface area contributed by atoms with E-state index in [-0.39, 0.29) is 11.8 Å². The predicted molar refractivity (Wildman–Crippen MR) is 119 cm³/mol. The van der Waals surface area contributed by atoms with Gasteiger partial charge in [0.15, 0.2) is 0 Å². The SMILES string of the molecule is CC(C)c1cc(C(C)C)c(S(=O)(=O)NC(C)(C=O)c2ccccc2)c(C(C)C)c1. The molecule has 0 heterocycles. The lowest BCUT2D eigenvalue weighted by Gasteiger charge is -2.28. The molecule has 0 aliphatic carbocycles. The number of aldehydes is 1. The zero-order valence-electron chi connectivity index (χ0n) is 18.5. The number of sulfonamides is 1. The van der Waals surface area contributed by atoms with Crippen molar-refractivity contribution < 1.29 is 13.2 Å². The van der Waals surface area contributed by atoms with Crippen LogP contribution in [0.4, 0.5) is 0 Å². The van der Waals surface area contributed by atoms with Crippen LogP contribution in [0.25, 0.3) is 0 Å². The normalized spacial score (nSPS) is 14.4. The molecule has 0 bridgehead atoms. The summed E-state index contributed by atoms with van der Waals surface area (Å²) in [7, 11) is -3.95. The lowest BCUT2D eigenvalue weighted by atomic mass is 9.89. The summed E-state index contributed by atoms with van der Waals surface area (Å²) in [5.74, 6) is 0.341. The minimum atomic E-state index is -3.95. The Hall–Kier alpha value is -1.98. The Labute approximate surface area is 175 Å². The van der Waals surface area contributed by atoms with E-state index in [1.165, 1.54) is 0 Å². The smallest absolute Gasteiger partial charge is 0.242 e. The summed E-state index contributed by atoms with van der Waals surface area (Å²) >= 11 is 0. The molecule has 5 heteroatoms. The van der Waals surface area contributed by atoms with E-state index in [1.807, 2.05) is 45.9 Å². The van der Waals surface area contributed by atoms with Gasteiger partial charge in [0.25, 0.3) is 0 Å². The summed E-state index contributed by atoms with van der Waals surface area (Å²) < 4.78 is 30.0. The van der Waals surface area contributed by atoms with E-state index in [0.717, 1.165) is 16.7 Å². The fourth-order valence-electron chi connectivity index (χ4n) is 3.47. The standard InChI is InChI=1S/C24H33NO3S/c1-16(2)19-13-21(17(3)4)23(22(14-19)18(5)6)29(27,28)25-24(7,15-26)20-11-9-8-10-12-20/h8-18,25H,1-7H3. The maximum Gasteiger partial charge on any atom is 0.242 e. The Morgan fingerprint density at radius 3 is 1.72 bits per heavy atom. The Morgan fingerprint density at radius 2 is 1.34 bits per heavy atom. The fourth-order valence-corrected chi connectivity index (χ4v) is 5.50. The van der Waals surface area contributed by atoms with Crippen LogP contribution in [0.2, 0.25) is 0 Å². The van der Waals surface area contributed by atoms with E-state index in [4.69, 9.17) is 0 Å². The first-order valence-corrected chi connectivity index (χ1v) is 11.6. The third-order valence-electron chi connectivity index (χ3n) is 5.30. The maximum atomic E-state index is 13.6. The Morgan fingerprint density at radius 1 is 0.862 bits per heavy atom. The molecule has 4 nitrogen and oxygen atoms in total. The molecule has 158 valence electrons. The van der Waals surface area contributed by atoms with E-state index in [1.54, 1.807) is 31.2 Å².